The van der Waals surface area contributed by atoms with Crippen LogP contribution in [0, 0.1) is 6.92 Å². The minimum absolute atomic E-state index is 0.472. The van der Waals surface area contributed by atoms with Crippen molar-refractivity contribution in [2.75, 3.05) is 23.8 Å². The highest BCUT2D eigenvalue weighted by Gasteiger charge is 2.18. The molecule has 0 saturated carbocycles. The SMILES string of the molecule is Cc1cc(CNc2nccc(Nc3cc(C4CCOCC4)[nH]n3)n2)on1. The van der Waals surface area contributed by atoms with E-state index in [0.717, 1.165) is 49.0 Å². The lowest BCUT2D eigenvalue weighted by atomic mass is 9.97. The molecule has 0 unspecified atom stereocenters. The quantitative estimate of drug-likeness (QED) is 0.618. The van der Waals surface area contributed by atoms with Crippen LogP contribution < -0.4 is 10.6 Å². The van der Waals surface area contributed by atoms with Gasteiger partial charge in [-0.05, 0) is 25.8 Å². The highest BCUT2D eigenvalue weighted by Crippen LogP contribution is 2.27. The molecule has 4 rings (SSSR count). The van der Waals surface area contributed by atoms with Crippen molar-refractivity contribution in [3.8, 4) is 0 Å². The molecule has 0 spiro atoms. The highest BCUT2D eigenvalue weighted by atomic mass is 16.5. The van der Waals surface area contributed by atoms with Gasteiger partial charge in [-0.25, -0.2) is 4.98 Å². The third kappa shape index (κ3) is 3.99. The fourth-order valence-corrected chi connectivity index (χ4v) is 2.93. The van der Waals surface area contributed by atoms with E-state index in [1.54, 1.807) is 12.3 Å². The Bertz CT molecular complexity index is 854. The van der Waals surface area contributed by atoms with E-state index in [1.807, 2.05) is 19.1 Å². The summed E-state index contributed by atoms with van der Waals surface area (Å²) in [4.78, 5) is 8.66. The summed E-state index contributed by atoms with van der Waals surface area (Å²) in [6, 6.07) is 5.70. The van der Waals surface area contributed by atoms with E-state index in [1.165, 1.54) is 0 Å². The molecule has 1 aliphatic heterocycles. The van der Waals surface area contributed by atoms with Gasteiger partial charge in [-0.3, -0.25) is 5.10 Å². The molecule has 26 heavy (non-hydrogen) atoms. The average molecular weight is 355 g/mol. The van der Waals surface area contributed by atoms with E-state index in [-0.39, 0.29) is 0 Å². The Morgan fingerprint density at radius 2 is 2.12 bits per heavy atom. The van der Waals surface area contributed by atoms with Gasteiger partial charge in [-0.15, -0.1) is 0 Å². The van der Waals surface area contributed by atoms with Gasteiger partial charge in [-0.2, -0.15) is 10.1 Å². The van der Waals surface area contributed by atoms with Crippen molar-refractivity contribution in [2.24, 2.45) is 0 Å². The standard InChI is InChI=1S/C17H21N7O2/c1-11-8-13(26-24-11)10-19-17-18-5-2-15(21-17)20-16-9-14(22-23-16)12-3-6-25-7-4-12/h2,5,8-9,12H,3-4,6-7,10H2,1H3,(H3,18,19,20,21,22,23). The predicted octanol–water partition coefficient (Wildman–Crippen LogP) is 2.75. The van der Waals surface area contributed by atoms with E-state index >= 15 is 0 Å². The molecule has 136 valence electrons. The molecule has 3 N–H and O–H groups in total. The lowest BCUT2D eigenvalue weighted by Crippen LogP contribution is -2.14. The van der Waals surface area contributed by atoms with Crippen LogP contribution in [0.2, 0.25) is 0 Å². The summed E-state index contributed by atoms with van der Waals surface area (Å²) in [6.45, 7) is 3.96. The van der Waals surface area contributed by atoms with Crippen LogP contribution in [0.4, 0.5) is 17.6 Å². The highest BCUT2D eigenvalue weighted by molar-refractivity contribution is 5.53. The van der Waals surface area contributed by atoms with Crippen LogP contribution in [-0.4, -0.2) is 38.5 Å². The van der Waals surface area contributed by atoms with Gasteiger partial charge in [0, 0.05) is 43.2 Å². The summed E-state index contributed by atoms with van der Waals surface area (Å²) < 4.78 is 10.6. The monoisotopic (exact) mass is 355 g/mol. The molecule has 0 aliphatic carbocycles. The van der Waals surface area contributed by atoms with Gasteiger partial charge in [0.1, 0.15) is 5.82 Å². The first-order valence-electron chi connectivity index (χ1n) is 8.65. The minimum atomic E-state index is 0.472. The van der Waals surface area contributed by atoms with Crippen LogP contribution >= 0.6 is 0 Å². The molecule has 0 radical (unpaired) electrons. The second-order valence-electron chi connectivity index (χ2n) is 6.27. The van der Waals surface area contributed by atoms with Crippen LogP contribution in [0.1, 0.15) is 35.9 Å². The smallest absolute Gasteiger partial charge is 0.224 e. The number of hydrogen-bond donors (Lipinski definition) is 3. The maximum Gasteiger partial charge on any atom is 0.224 e. The molecule has 1 aliphatic rings. The van der Waals surface area contributed by atoms with Gasteiger partial charge in [0.25, 0.3) is 0 Å². The third-order valence-corrected chi connectivity index (χ3v) is 4.27. The Morgan fingerprint density at radius 1 is 1.23 bits per heavy atom. The van der Waals surface area contributed by atoms with E-state index in [4.69, 9.17) is 9.26 Å². The first kappa shape index (κ1) is 16.5. The summed E-state index contributed by atoms with van der Waals surface area (Å²) in [5.74, 6) is 3.12. The molecule has 1 fully saturated rings. The van der Waals surface area contributed by atoms with Crippen molar-refractivity contribution < 1.29 is 9.26 Å². The van der Waals surface area contributed by atoms with Gasteiger partial charge >= 0.3 is 0 Å². The Morgan fingerprint density at radius 3 is 2.92 bits per heavy atom. The Labute approximate surface area is 150 Å². The zero-order chi connectivity index (χ0) is 17.8. The maximum absolute atomic E-state index is 5.41. The first-order chi connectivity index (χ1) is 12.8. The number of nitrogens with one attached hydrogen (secondary N) is 3. The van der Waals surface area contributed by atoms with Crippen LogP contribution in [0.25, 0.3) is 0 Å². The summed E-state index contributed by atoms with van der Waals surface area (Å²) in [5.41, 5.74) is 1.97. The lowest BCUT2D eigenvalue weighted by molar-refractivity contribution is 0.0845. The average Bonchev–Trinajstić information content (AvgIpc) is 3.30. The second-order valence-corrected chi connectivity index (χ2v) is 6.27. The third-order valence-electron chi connectivity index (χ3n) is 4.27. The molecular weight excluding hydrogens is 334 g/mol. The van der Waals surface area contributed by atoms with Crippen molar-refractivity contribution >= 4 is 17.6 Å². The van der Waals surface area contributed by atoms with E-state index in [2.05, 4.69) is 36.0 Å². The Kier molecular flexibility index (Phi) is 4.78. The number of hydrogen-bond acceptors (Lipinski definition) is 8. The zero-order valence-electron chi connectivity index (χ0n) is 14.5. The van der Waals surface area contributed by atoms with Crippen molar-refractivity contribution in [2.45, 2.75) is 32.2 Å². The van der Waals surface area contributed by atoms with Crippen molar-refractivity contribution in [3.63, 3.8) is 0 Å². The molecule has 4 heterocycles. The summed E-state index contributed by atoms with van der Waals surface area (Å²) in [6.07, 6.45) is 3.73. The molecule has 1 saturated heterocycles. The molecule has 9 nitrogen and oxygen atoms in total. The summed E-state index contributed by atoms with van der Waals surface area (Å²) in [5, 5.41) is 17.6. The van der Waals surface area contributed by atoms with Crippen LogP contribution in [0.5, 0.6) is 0 Å². The number of aryl methyl sites for hydroxylation is 1. The number of nitrogens with zero attached hydrogens (tertiary/aromatic N) is 4. The molecule has 9 heteroatoms. The zero-order valence-corrected chi connectivity index (χ0v) is 14.5. The molecule has 0 aromatic carbocycles. The molecule has 3 aromatic heterocycles. The van der Waals surface area contributed by atoms with Crippen molar-refractivity contribution in [3.05, 3.63) is 41.5 Å². The van der Waals surface area contributed by atoms with Gasteiger partial charge in [-0.1, -0.05) is 5.16 Å². The predicted molar refractivity (Wildman–Crippen MR) is 95.3 cm³/mol. The lowest BCUT2D eigenvalue weighted by Gasteiger charge is -2.20. The van der Waals surface area contributed by atoms with E-state index in [0.29, 0.717) is 24.2 Å². The van der Waals surface area contributed by atoms with Crippen LogP contribution in [-0.2, 0) is 11.3 Å². The maximum atomic E-state index is 5.41. The van der Waals surface area contributed by atoms with Crippen molar-refractivity contribution in [1.82, 2.24) is 25.3 Å². The number of H-pyrrole nitrogens is 1. The van der Waals surface area contributed by atoms with Crippen LogP contribution in [0.3, 0.4) is 0 Å². The summed E-state index contributed by atoms with van der Waals surface area (Å²) in [7, 11) is 0. The Balaban J connectivity index is 1.38. The van der Waals surface area contributed by atoms with Gasteiger partial charge in [0.05, 0.1) is 12.2 Å². The topological polar surface area (TPSA) is 114 Å². The molecule has 3 aromatic rings. The second kappa shape index (κ2) is 7.52. The number of aromatic nitrogens is 5. The summed E-state index contributed by atoms with van der Waals surface area (Å²) >= 11 is 0. The fourth-order valence-electron chi connectivity index (χ4n) is 2.93. The van der Waals surface area contributed by atoms with E-state index in [9.17, 15) is 0 Å². The van der Waals surface area contributed by atoms with Gasteiger partial charge < -0.3 is 19.9 Å². The first-order valence-corrected chi connectivity index (χ1v) is 8.65. The largest absolute Gasteiger partial charge is 0.381 e. The van der Waals surface area contributed by atoms with E-state index < -0.39 is 0 Å². The van der Waals surface area contributed by atoms with Gasteiger partial charge in [0.2, 0.25) is 5.95 Å². The van der Waals surface area contributed by atoms with Gasteiger partial charge in [0.15, 0.2) is 11.6 Å². The number of aromatic amines is 1. The molecule has 0 amide bonds. The Hall–Kier alpha value is -2.94. The van der Waals surface area contributed by atoms with Crippen LogP contribution in [0.15, 0.2) is 28.9 Å². The molecule has 0 atom stereocenters. The number of anilines is 3. The number of ether oxygens (including phenoxy) is 1. The fraction of sp³-hybridized carbons (Fsp3) is 0.412. The molecule has 0 bridgehead atoms. The minimum Gasteiger partial charge on any atom is -0.381 e. The number of rotatable bonds is 6. The normalized spacial score (nSPS) is 15.1. The van der Waals surface area contributed by atoms with Crippen molar-refractivity contribution in [1.29, 1.82) is 0 Å². The molecular formula is C17H21N7O2.